The molecule has 0 aliphatic heterocycles. The molecule has 100 valence electrons. The number of nitrogens with zero attached hydrogens (tertiary/aromatic N) is 1. The molecule has 0 amide bonds. The lowest BCUT2D eigenvalue weighted by Gasteiger charge is -2.22. The number of rotatable bonds is 3. The number of nitrogens with two attached hydrogens (primary N) is 3. The molecule has 2 rings (SSSR count). The van der Waals surface area contributed by atoms with Crippen LogP contribution in [-0.4, -0.2) is 8.42 Å². The molecule has 0 heterocycles. The minimum atomic E-state index is -3.95. The maximum Gasteiger partial charge on any atom is 0.303 e. The Labute approximate surface area is 111 Å². The zero-order valence-electron chi connectivity index (χ0n) is 10.0. The Kier molecular flexibility index (Phi) is 3.32. The van der Waals surface area contributed by atoms with E-state index in [1.54, 1.807) is 48.5 Å². The number of nitrogen functional groups attached to an aromatic ring is 2. The fraction of sp³-hybridized carbons (Fsp3) is 0. The van der Waals surface area contributed by atoms with Crippen molar-refractivity contribution in [1.82, 2.24) is 0 Å². The van der Waals surface area contributed by atoms with Crippen LogP contribution in [0.5, 0.6) is 0 Å². The molecule has 6 nitrogen and oxygen atoms in total. The zero-order chi connectivity index (χ0) is 14.0. The predicted molar refractivity (Wildman–Crippen MR) is 77.0 cm³/mol. The molecule has 2 aromatic rings. The van der Waals surface area contributed by atoms with Gasteiger partial charge in [0.1, 0.15) is 0 Å². The van der Waals surface area contributed by atoms with Gasteiger partial charge >= 0.3 is 10.2 Å². The molecular formula is C12H14N4O2S. The van der Waals surface area contributed by atoms with Gasteiger partial charge in [-0.15, -0.1) is 0 Å². The van der Waals surface area contributed by atoms with Gasteiger partial charge in [0.15, 0.2) is 0 Å². The highest BCUT2D eigenvalue weighted by Crippen LogP contribution is 2.28. The van der Waals surface area contributed by atoms with E-state index in [0.717, 1.165) is 4.31 Å². The van der Waals surface area contributed by atoms with E-state index in [-0.39, 0.29) is 0 Å². The summed E-state index contributed by atoms with van der Waals surface area (Å²) in [5.74, 6) is 0. The average molecular weight is 278 g/mol. The fourth-order valence-electron chi connectivity index (χ4n) is 1.66. The molecule has 0 atom stereocenters. The Balaban J connectivity index is 2.54. The molecule has 2 aromatic carbocycles. The second-order valence-corrected chi connectivity index (χ2v) is 5.39. The predicted octanol–water partition coefficient (Wildman–Crippen LogP) is 1.19. The monoisotopic (exact) mass is 278 g/mol. The summed E-state index contributed by atoms with van der Waals surface area (Å²) in [6, 6.07) is 12.7. The lowest BCUT2D eigenvalue weighted by Crippen LogP contribution is -2.32. The first kappa shape index (κ1) is 13.2. The molecule has 19 heavy (non-hydrogen) atoms. The van der Waals surface area contributed by atoms with Gasteiger partial charge in [-0.2, -0.15) is 8.42 Å². The molecule has 0 spiro atoms. The maximum absolute atomic E-state index is 11.7. The first-order chi connectivity index (χ1) is 8.88. The van der Waals surface area contributed by atoms with Gasteiger partial charge in [-0.25, -0.2) is 9.44 Å². The fourth-order valence-corrected chi connectivity index (χ4v) is 2.49. The number of hydrogen-bond donors (Lipinski definition) is 3. The molecular weight excluding hydrogens is 264 g/mol. The normalized spacial score (nSPS) is 11.2. The van der Waals surface area contributed by atoms with Crippen molar-refractivity contribution in [3.8, 4) is 0 Å². The Morgan fingerprint density at radius 1 is 0.737 bits per heavy atom. The van der Waals surface area contributed by atoms with Crippen LogP contribution in [0.1, 0.15) is 0 Å². The highest BCUT2D eigenvalue weighted by atomic mass is 32.2. The summed E-state index contributed by atoms with van der Waals surface area (Å²) in [7, 11) is -3.95. The quantitative estimate of drug-likeness (QED) is 0.731. The van der Waals surface area contributed by atoms with Crippen LogP contribution in [0.15, 0.2) is 48.5 Å². The number of hydrogen-bond acceptors (Lipinski definition) is 4. The zero-order valence-corrected chi connectivity index (χ0v) is 10.8. The molecule has 0 aliphatic carbocycles. The van der Waals surface area contributed by atoms with E-state index in [4.69, 9.17) is 16.6 Å². The van der Waals surface area contributed by atoms with E-state index < -0.39 is 10.2 Å². The maximum atomic E-state index is 11.7. The Morgan fingerprint density at radius 3 is 1.32 bits per heavy atom. The van der Waals surface area contributed by atoms with Gasteiger partial charge in [-0.05, 0) is 48.5 Å². The molecule has 0 saturated heterocycles. The summed E-state index contributed by atoms with van der Waals surface area (Å²) in [5, 5.41) is 5.26. The second kappa shape index (κ2) is 4.79. The minimum Gasteiger partial charge on any atom is -0.399 e. The van der Waals surface area contributed by atoms with Crippen LogP contribution < -0.4 is 20.9 Å². The molecule has 0 saturated carbocycles. The first-order valence-electron chi connectivity index (χ1n) is 5.42. The summed E-state index contributed by atoms with van der Waals surface area (Å²) in [6.07, 6.45) is 0. The van der Waals surface area contributed by atoms with Gasteiger partial charge in [0.25, 0.3) is 0 Å². The smallest absolute Gasteiger partial charge is 0.303 e. The molecule has 0 fully saturated rings. The molecule has 0 bridgehead atoms. The highest BCUT2D eigenvalue weighted by molar-refractivity contribution is 7.90. The molecule has 0 aromatic heterocycles. The molecule has 0 radical (unpaired) electrons. The summed E-state index contributed by atoms with van der Waals surface area (Å²) in [6.45, 7) is 0. The van der Waals surface area contributed by atoms with E-state index in [1.165, 1.54) is 0 Å². The van der Waals surface area contributed by atoms with Crippen LogP contribution in [0.3, 0.4) is 0 Å². The highest BCUT2D eigenvalue weighted by Gasteiger charge is 2.20. The van der Waals surface area contributed by atoms with Crippen LogP contribution in [0, 0.1) is 0 Å². The lowest BCUT2D eigenvalue weighted by molar-refractivity contribution is 0.598. The number of anilines is 4. The van der Waals surface area contributed by atoms with Gasteiger partial charge in [-0.1, -0.05) is 0 Å². The van der Waals surface area contributed by atoms with Gasteiger partial charge in [0, 0.05) is 11.4 Å². The van der Waals surface area contributed by atoms with E-state index in [2.05, 4.69) is 0 Å². The third-order valence-electron chi connectivity index (χ3n) is 2.51. The summed E-state index contributed by atoms with van der Waals surface area (Å²) in [5.41, 5.74) is 13.0. The van der Waals surface area contributed by atoms with Crippen LogP contribution in [0.25, 0.3) is 0 Å². The van der Waals surface area contributed by atoms with Gasteiger partial charge < -0.3 is 11.5 Å². The van der Waals surface area contributed by atoms with E-state index in [1.807, 2.05) is 0 Å². The van der Waals surface area contributed by atoms with Crippen LogP contribution in [-0.2, 0) is 10.2 Å². The third-order valence-corrected chi connectivity index (χ3v) is 3.44. The van der Waals surface area contributed by atoms with Crippen molar-refractivity contribution >= 4 is 33.0 Å². The Hall–Kier alpha value is -2.25. The van der Waals surface area contributed by atoms with Crippen molar-refractivity contribution in [2.75, 3.05) is 15.8 Å². The molecule has 7 heteroatoms. The van der Waals surface area contributed by atoms with Crippen molar-refractivity contribution in [3.63, 3.8) is 0 Å². The second-order valence-electron chi connectivity index (χ2n) is 3.99. The summed E-state index contributed by atoms with van der Waals surface area (Å²) < 4.78 is 24.5. The topological polar surface area (TPSA) is 115 Å². The van der Waals surface area contributed by atoms with Gasteiger partial charge in [0.2, 0.25) is 0 Å². The van der Waals surface area contributed by atoms with Crippen molar-refractivity contribution in [3.05, 3.63) is 48.5 Å². The molecule has 0 aliphatic rings. The largest absolute Gasteiger partial charge is 0.399 e. The van der Waals surface area contributed by atoms with Crippen LogP contribution in [0.2, 0.25) is 0 Å². The van der Waals surface area contributed by atoms with Crippen LogP contribution >= 0.6 is 0 Å². The van der Waals surface area contributed by atoms with E-state index in [9.17, 15) is 8.42 Å². The van der Waals surface area contributed by atoms with Gasteiger partial charge in [-0.3, -0.25) is 0 Å². The molecule has 0 unspecified atom stereocenters. The SMILES string of the molecule is Nc1ccc(N(c2ccc(N)cc2)S(N)(=O)=O)cc1. The third kappa shape index (κ3) is 2.95. The van der Waals surface area contributed by atoms with Gasteiger partial charge in [0.05, 0.1) is 11.4 Å². The van der Waals surface area contributed by atoms with E-state index in [0.29, 0.717) is 22.7 Å². The van der Waals surface area contributed by atoms with Crippen molar-refractivity contribution in [2.24, 2.45) is 5.14 Å². The van der Waals surface area contributed by atoms with Crippen molar-refractivity contribution in [2.45, 2.75) is 0 Å². The summed E-state index contributed by atoms with van der Waals surface area (Å²) >= 11 is 0. The van der Waals surface area contributed by atoms with Crippen LogP contribution in [0.4, 0.5) is 22.7 Å². The Morgan fingerprint density at radius 2 is 1.05 bits per heavy atom. The molecule has 6 N–H and O–H groups in total. The van der Waals surface area contributed by atoms with Crippen molar-refractivity contribution < 1.29 is 8.42 Å². The lowest BCUT2D eigenvalue weighted by atomic mass is 10.2. The first-order valence-corrected chi connectivity index (χ1v) is 6.92. The minimum absolute atomic E-state index is 0.404. The number of benzene rings is 2. The van der Waals surface area contributed by atoms with E-state index >= 15 is 0 Å². The van der Waals surface area contributed by atoms with Crippen molar-refractivity contribution in [1.29, 1.82) is 0 Å². The summed E-state index contributed by atoms with van der Waals surface area (Å²) in [4.78, 5) is 0. The Bertz CT molecular complexity index is 620. The average Bonchev–Trinajstić information content (AvgIpc) is 2.33. The standard InChI is InChI=1S/C12H14N4O2S/c13-9-1-5-11(6-2-9)16(19(15,17)18)12-7-3-10(14)4-8-12/h1-8H,13-14H2,(H2,15,17,18).